The summed E-state index contributed by atoms with van der Waals surface area (Å²) in [7, 11) is 0. The lowest BCUT2D eigenvalue weighted by atomic mass is 10.1. The maximum absolute atomic E-state index is 12.3. The highest BCUT2D eigenvalue weighted by Crippen LogP contribution is 2.18. The van der Waals surface area contributed by atoms with Gasteiger partial charge in [-0.2, -0.15) is 4.98 Å². The lowest BCUT2D eigenvalue weighted by molar-refractivity contribution is -0.123. The van der Waals surface area contributed by atoms with Gasteiger partial charge in [-0.3, -0.25) is 9.59 Å². The van der Waals surface area contributed by atoms with Gasteiger partial charge in [0.15, 0.2) is 11.9 Å². The Labute approximate surface area is 165 Å². The molecule has 29 heavy (non-hydrogen) atoms. The third kappa shape index (κ3) is 4.83. The van der Waals surface area contributed by atoms with Crippen LogP contribution in [-0.4, -0.2) is 34.0 Å². The molecule has 0 saturated carbocycles. The fraction of sp³-hybridized carbons (Fsp3) is 0.150. The number of carbonyl (C=O) groups is 3. The van der Waals surface area contributed by atoms with Crippen molar-refractivity contribution < 1.29 is 23.6 Å². The molecule has 0 saturated heterocycles. The van der Waals surface area contributed by atoms with E-state index in [2.05, 4.69) is 15.5 Å². The highest BCUT2D eigenvalue weighted by Gasteiger charge is 2.19. The first-order valence-electron chi connectivity index (χ1n) is 8.66. The Hall–Kier alpha value is -4.01. The van der Waals surface area contributed by atoms with Gasteiger partial charge in [0.25, 0.3) is 11.8 Å². The molecule has 0 fully saturated rings. The molecule has 1 aromatic heterocycles. The van der Waals surface area contributed by atoms with Crippen molar-refractivity contribution in [2.75, 3.05) is 5.32 Å². The molecule has 0 aliphatic heterocycles. The Balaban J connectivity index is 1.59. The van der Waals surface area contributed by atoms with Gasteiger partial charge in [0, 0.05) is 16.8 Å². The van der Waals surface area contributed by atoms with Crippen molar-refractivity contribution in [2.45, 2.75) is 20.0 Å². The van der Waals surface area contributed by atoms with Gasteiger partial charge in [0.05, 0.1) is 5.56 Å². The smallest absolute Gasteiger partial charge is 0.338 e. The van der Waals surface area contributed by atoms with E-state index in [4.69, 9.17) is 15.0 Å². The molecule has 9 heteroatoms. The molecule has 0 bridgehead atoms. The molecule has 0 spiro atoms. The molecule has 3 aromatic rings. The number of esters is 1. The Kier molecular flexibility index (Phi) is 5.68. The molecule has 1 heterocycles. The number of benzene rings is 2. The summed E-state index contributed by atoms with van der Waals surface area (Å²) >= 11 is 0. The normalized spacial score (nSPS) is 11.5. The third-order valence-electron chi connectivity index (χ3n) is 3.99. The maximum atomic E-state index is 12.3. The van der Waals surface area contributed by atoms with Crippen LogP contribution in [0.2, 0.25) is 0 Å². The van der Waals surface area contributed by atoms with E-state index in [9.17, 15) is 14.4 Å². The zero-order chi connectivity index (χ0) is 21.0. The first-order valence-corrected chi connectivity index (χ1v) is 8.66. The fourth-order valence-corrected chi connectivity index (χ4v) is 2.41. The quantitative estimate of drug-likeness (QED) is 0.612. The lowest BCUT2D eigenvalue weighted by Crippen LogP contribution is -2.30. The summed E-state index contributed by atoms with van der Waals surface area (Å²) in [5, 5.41) is 6.31. The number of nitrogens with one attached hydrogen (secondary N) is 1. The number of aryl methyl sites for hydroxylation is 1. The molecule has 3 rings (SSSR count). The standard InChI is InChI=1S/C20H18N4O5/c1-11(18(26)23-16-9-7-13(8-10-16)17(21)25)28-20(27)15-5-3-14(4-6-15)19-22-12(2)24-29-19/h3-11H,1-2H3,(H2,21,25)(H,23,26). The van der Waals surface area contributed by atoms with E-state index in [0.29, 0.717) is 28.5 Å². The Morgan fingerprint density at radius 3 is 2.21 bits per heavy atom. The van der Waals surface area contributed by atoms with Crippen LogP contribution in [0, 0.1) is 6.92 Å². The number of nitrogens with two attached hydrogens (primary N) is 1. The molecule has 9 nitrogen and oxygen atoms in total. The summed E-state index contributed by atoms with van der Waals surface area (Å²) in [6.07, 6.45) is -1.03. The van der Waals surface area contributed by atoms with Crippen LogP contribution in [0.4, 0.5) is 5.69 Å². The van der Waals surface area contributed by atoms with Crippen LogP contribution < -0.4 is 11.1 Å². The van der Waals surface area contributed by atoms with Gasteiger partial charge >= 0.3 is 5.97 Å². The van der Waals surface area contributed by atoms with Gasteiger partial charge in [-0.05, 0) is 62.4 Å². The zero-order valence-electron chi connectivity index (χ0n) is 15.7. The van der Waals surface area contributed by atoms with E-state index in [1.165, 1.54) is 31.2 Å². The summed E-state index contributed by atoms with van der Waals surface area (Å²) < 4.78 is 10.3. The third-order valence-corrected chi connectivity index (χ3v) is 3.99. The molecular formula is C20H18N4O5. The van der Waals surface area contributed by atoms with Crippen LogP contribution in [0.5, 0.6) is 0 Å². The van der Waals surface area contributed by atoms with E-state index in [0.717, 1.165) is 0 Å². The molecule has 148 valence electrons. The summed E-state index contributed by atoms with van der Waals surface area (Å²) in [6.45, 7) is 3.16. The van der Waals surface area contributed by atoms with Gasteiger partial charge in [-0.1, -0.05) is 5.16 Å². The van der Waals surface area contributed by atoms with E-state index in [1.807, 2.05) is 0 Å². The fourth-order valence-electron chi connectivity index (χ4n) is 2.41. The zero-order valence-corrected chi connectivity index (χ0v) is 15.7. The molecule has 2 amide bonds. The van der Waals surface area contributed by atoms with Crippen molar-refractivity contribution >= 4 is 23.5 Å². The first-order chi connectivity index (χ1) is 13.8. The summed E-state index contributed by atoms with van der Waals surface area (Å²) in [4.78, 5) is 39.7. The molecule has 1 unspecified atom stereocenters. The van der Waals surface area contributed by atoms with Crippen molar-refractivity contribution in [3.63, 3.8) is 0 Å². The van der Waals surface area contributed by atoms with Gasteiger partial charge in [-0.15, -0.1) is 0 Å². The second-order valence-corrected chi connectivity index (χ2v) is 6.20. The minimum Gasteiger partial charge on any atom is -0.449 e. The predicted octanol–water partition coefficient (Wildman–Crippen LogP) is 2.33. The topological polar surface area (TPSA) is 137 Å². The van der Waals surface area contributed by atoms with Crippen molar-refractivity contribution in [1.82, 2.24) is 10.1 Å². The molecule has 3 N–H and O–H groups in total. The highest BCUT2D eigenvalue weighted by molar-refractivity contribution is 5.98. The molecular weight excluding hydrogens is 376 g/mol. The number of primary amides is 1. The SMILES string of the molecule is Cc1noc(-c2ccc(C(=O)OC(C)C(=O)Nc3ccc(C(N)=O)cc3)cc2)n1. The largest absolute Gasteiger partial charge is 0.449 e. The maximum Gasteiger partial charge on any atom is 0.338 e. The number of hydrogen-bond acceptors (Lipinski definition) is 7. The van der Waals surface area contributed by atoms with Crippen molar-refractivity contribution in [3.05, 3.63) is 65.5 Å². The monoisotopic (exact) mass is 394 g/mol. The summed E-state index contributed by atoms with van der Waals surface area (Å²) in [5.41, 5.74) is 6.87. The average Bonchev–Trinajstić information content (AvgIpc) is 3.14. The Bertz CT molecular complexity index is 1040. The van der Waals surface area contributed by atoms with E-state index in [1.54, 1.807) is 31.2 Å². The first kappa shape index (κ1) is 19.7. The van der Waals surface area contributed by atoms with Gasteiger partial charge in [0.2, 0.25) is 5.91 Å². The number of anilines is 1. The molecule has 0 aliphatic carbocycles. The van der Waals surface area contributed by atoms with Crippen LogP contribution in [0.25, 0.3) is 11.5 Å². The summed E-state index contributed by atoms with van der Waals surface area (Å²) in [6, 6.07) is 12.4. The van der Waals surface area contributed by atoms with Crippen LogP contribution in [0.1, 0.15) is 33.5 Å². The van der Waals surface area contributed by atoms with Crippen LogP contribution in [-0.2, 0) is 9.53 Å². The minimum absolute atomic E-state index is 0.274. The van der Waals surface area contributed by atoms with Gasteiger partial charge < -0.3 is 20.3 Å². The molecule has 2 aromatic carbocycles. The van der Waals surface area contributed by atoms with Gasteiger partial charge in [0.1, 0.15) is 0 Å². The van der Waals surface area contributed by atoms with E-state index in [-0.39, 0.29) is 5.56 Å². The molecule has 0 radical (unpaired) electrons. The predicted molar refractivity (Wildman–Crippen MR) is 103 cm³/mol. The molecule has 1 atom stereocenters. The Morgan fingerprint density at radius 2 is 1.66 bits per heavy atom. The number of nitrogens with zero attached hydrogens (tertiary/aromatic N) is 2. The second-order valence-electron chi connectivity index (χ2n) is 6.20. The summed E-state index contributed by atoms with van der Waals surface area (Å²) in [5.74, 6) is -0.872. The second kappa shape index (κ2) is 8.34. The minimum atomic E-state index is -1.03. The number of hydrogen-bond donors (Lipinski definition) is 2. The highest BCUT2D eigenvalue weighted by atomic mass is 16.5. The number of ether oxygens (including phenoxy) is 1. The van der Waals surface area contributed by atoms with Crippen molar-refractivity contribution in [1.29, 1.82) is 0 Å². The number of amides is 2. The van der Waals surface area contributed by atoms with Crippen molar-refractivity contribution in [3.8, 4) is 11.5 Å². The molecule has 0 aliphatic rings. The lowest BCUT2D eigenvalue weighted by Gasteiger charge is -2.14. The number of carbonyl (C=O) groups excluding carboxylic acids is 3. The van der Waals surface area contributed by atoms with E-state index >= 15 is 0 Å². The van der Waals surface area contributed by atoms with Gasteiger partial charge in [-0.25, -0.2) is 4.79 Å². The Morgan fingerprint density at radius 1 is 1.03 bits per heavy atom. The number of rotatable bonds is 6. The van der Waals surface area contributed by atoms with Crippen LogP contribution in [0.15, 0.2) is 53.1 Å². The average molecular weight is 394 g/mol. The number of aromatic nitrogens is 2. The van der Waals surface area contributed by atoms with Crippen LogP contribution in [0.3, 0.4) is 0 Å². The van der Waals surface area contributed by atoms with Crippen molar-refractivity contribution in [2.24, 2.45) is 5.73 Å². The van der Waals surface area contributed by atoms with Crippen LogP contribution >= 0.6 is 0 Å². The van der Waals surface area contributed by atoms with E-state index < -0.39 is 23.9 Å².